The van der Waals surface area contributed by atoms with Gasteiger partial charge in [-0.2, -0.15) is 0 Å². The van der Waals surface area contributed by atoms with Gasteiger partial charge in [0, 0.05) is 32.5 Å². The second-order valence-electron chi connectivity index (χ2n) is 7.05. The molecule has 1 amide bonds. The maximum absolute atomic E-state index is 12.2. The Morgan fingerprint density at radius 1 is 1.25 bits per heavy atom. The predicted octanol–water partition coefficient (Wildman–Crippen LogP) is 1.55. The number of hydrogen-bond donors (Lipinski definition) is 0. The Bertz CT molecular complexity index is 386. The Balaban J connectivity index is 1.43. The third-order valence-corrected chi connectivity index (χ3v) is 5.51. The standard InChI is InChI=1S/C16H26N2O2/c1-17(10-14-9-12-2-3-13(14)8-12)11-16(20)18-6-4-15(19)5-7-18/h12-14H,2-11H2,1H3. The van der Waals surface area contributed by atoms with Crippen LogP contribution in [0.4, 0.5) is 0 Å². The molecule has 2 bridgehead atoms. The van der Waals surface area contributed by atoms with E-state index in [2.05, 4.69) is 11.9 Å². The minimum Gasteiger partial charge on any atom is -0.341 e. The van der Waals surface area contributed by atoms with E-state index in [0.29, 0.717) is 38.3 Å². The van der Waals surface area contributed by atoms with E-state index < -0.39 is 0 Å². The lowest BCUT2D eigenvalue weighted by atomic mass is 9.88. The Morgan fingerprint density at radius 3 is 2.60 bits per heavy atom. The molecule has 2 aliphatic carbocycles. The van der Waals surface area contributed by atoms with Crippen LogP contribution in [0.15, 0.2) is 0 Å². The first-order valence-electron chi connectivity index (χ1n) is 8.10. The lowest BCUT2D eigenvalue weighted by Crippen LogP contribution is -2.44. The van der Waals surface area contributed by atoms with E-state index in [1.807, 2.05) is 4.90 Å². The van der Waals surface area contributed by atoms with E-state index in [1.165, 1.54) is 25.7 Å². The largest absolute Gasteiger partial charge is 0.341 e. The number of ketones is 1. The lowest BCUT2D eigenvalue weighted by Gasteiger charge is -2.30. The van der Waals surface area contributed by atoms with Crippen LogP contribution in [0, 0.1) is 17.8 Å². The van der Waals surface area contributed by atoms with Crippen LogP contribution in [-0.4, -0.2) is 54.7 Å². The molecule has 3 unspecified atom stereocenters. The van der Waals surface area contributed by atoms with Gasteiger partial charge in [-0.15, -0.1) is 0 Å². The minimum absolute atomic E-state index is 0.197. The molecule has 3 aliphatic rings. The molecule has 3 rings (SSSR count). The topological polar surface area (TPSA) is 40.6 Å². The fraction of sp³-hybridized carbons (Fsp3) is 0.875. The molecule has 3 atom stereocenters. The van der Waals surface area contributed by atoms with Gasteiger partial charge >= 0.3 is 0 Å². The molecule has 0 radical (unpaired) electrons. The molecule has 112 valence electrons. The number of nitrogens with zero attached hydrogens (tertiary/aromatic N) is 2. The van der Waals surface area contributed by atoms with Crippen molar-refractivity contribution < 1.29 is 9.59 Å². The fourth-order valence-corrected chi connectivity index (χ4v) is 4.40. The van der Waals surface area contributed by atoms with Gasteiger partial charge in [0.05, 0.1) is 6.54 Å². The van der Waals surface area contributed by atoms with Gasteiger partial charge in [0.2, 0.25) is 5.91 Å². The van der Waals surface area contributed by atoms with Gasteiger partial charge in [0.15, 0.2) is 0 Å². The number of carbonyl (C=O) groups excluding carboxylic acids is 2. The number of rotatable bonds is 4. The molecule has 0 aromatic heterocycles. The first-order chi connectivity index (χ1) is 9.61. The Morgan fingerprint density at radius 2 is 2.00 bits per heavy atom. The highest BCUT2D eigenvalue weighted by atomic mass is 16.2. The van der Waals surface area contributed by atoms with Gasteiger partial charge < -0.3 is 4.90 Å². The SMILES string of the molecule is CN(CC(=O)N1CCC(=O)CC1)CC1CC2CCC1C2. The van der Waals surface area contributed by atoms with Crippen molar-refractivity contribution in [2.24, 2.45) is 17.8 Å². The number of amides is 1. The summed E-state index contributed by atoms with van der Waals surface area (Å²) in [6.45, 7) is 2.83. The number of Topliss-reactive ketones (excluding diaryl/α,β-unsaturated/α-hetero) is 1. The third kappa shape index (κ3) is 3.05. The summed E-state index contributed by atoms with van der Waals surface area (Å²) in [7, 11) is 2.07. The van der Waals surface area contributed by atoms with Crippen molar-refractivity contribution in [1.29, 1.82) is 0 Å². The molecule has 4 nitrogen and oxygen atoms in total. The van der Waals surface area contributed by atoms with Crippen LogP contribution in [0.3, 0.4) is 0 Å². The molecule has 1 saturated heterocycles. The van der Waals surface area contributed by atoms with E-state index in [9.17, 15) is 9.59 Å². The van der Waals surface area contributed by atoms with Crippen molar-refractivity contribution in [3.05, 3.63) is 0 Å². The average molecular weight is 278 g/mol. The van der Waals surface area contributed by atoms with Crippen LogP contribution < -0.4 is 0 Å². The summed E-state index contributed by atoms with van der Waals surface area (Å²) in [6.07, 6.45) is 6.74. The van der Waals surface area contributed by atoms with Crippen LogP contribution in [0.5, 0.6) is 0 Å². The summed E-state index contributed by atoms with van der Waals surface area (Å²) in [5, 5.41) is 0. The zero-order chi connectivity index (χ0) is 14.1. The smallest absolute Gasteiger partial charge is 0.236 e. The van der Waals surface area contributed by atoms with Crippen molar-refractivity contribution in [3.8, 4) is 0 Å². The zero-order valence-electron chi connectivity index (χ0n) is 12.5. The number of hydrogen-bond acceptors (Lipinski definition) is 3. The Hall–Kier alpha value is -0.900. The van der Waals surface area contributed by atoms with Crippen LogP contribution in [0.2, 0.25) is 0 Å². The highest BCUT2D eigenvalue weighted by molar-refractivity contribution is 5.84. The number of fused-ring (bicyclic) bond motifs is 2. The van der Waals surface area contributed by atoms with Gasteiger partial charge in [-0.05, 0) is 44.1 Å². The van der Waals surface area contributed by atoms with E-state index in [-0.39, 0.29) is 5.91 Å². The molecule has 2 saturated carbocycles. The molecule has 0 aromatic carbocycles. The molecular weight excluding hydrogens is 252 g/mol. The number of likely N-dealkylation sites (tertiary alicyclic amines) is 1. The van der Waals surface area contributed by atoms with E-state index >= 15 is 0 Å². The molecule has 0 spiro atoms. The lowest BCUT2D eigenvalue weighted by molar-refractivity contribution is -0.135. The van der Waals surface area contributed by atoms with Gasteiger partial charge in [-0.3, -0.25) is 14.5 Å². The van der Waals surface area contributed by atoms with Crippen molar-refractivity contribution in [1.82, 2.24) is 9.80 Å². The summed E-state index contributed by atoms with van der Waals surface area (Å²) < 4.78 is 0. The Labute approximate surface area is 121 Å². The van der Waals surface area contributed by atoms with Crippen LogP contribution in [0.1, 0.15) is 38.5 Å². The van der Waals surface area contributed by atoms with Gasteiger partial charge in [0.1, 0.15) is 5.78 Å². The summed E-state index contributed by atoms with van der Waals surface area (Å²) in [6, 6.07) is 0. The molecular formula is C16H26N2O2. The normalized spacial score (nSPS) is 33.2. The van der Waals surface area contributed by atoms with Gasteiger partial charge in [-0.25, -0.2) is 0 Å². The second kappa shape index (κ2) is 5.84. The molecule has 20 heavy (non-hydrogen) atoms. The van der Waals surface area contributed by atoms with Crippen molar-refractivity contribution in [2.45, 2.75) is 38.5 Å². The van der Waals surface area contributed by atoms with Gasteiger partial charge in [0.25, 0.3) is 0 Å². The number of piperidine rings is 1. The second-order valence-corrected chi connectivity index (χ2v) is 7.05. The molecule has 1 heterocycles. The zero-order valence-corrected chi connectivity index (χ0v) is 12.5. The fourth-order valence-electron chi connectivity index (χ4n) is 4.40. The molecule has 4 heteroatoms. The van der Waals surface area contributed by atoms with Crippen LogP contribution in [0.25, 0.3) is 0 Å². The summed E-state index contributed by atoms with van der Waals surface area (Å²) in [4.78, 5) is 27.5. The summed E-state index contributed by atoms with van der Waals surface area (Å²) in [5.74, 6) is 3.20. The summed E-state index contributed by atoms with van der Waals surface area (Å²) >= 11 is 0. The first kappa shape index (κ1) is 14.1. The molecule has 1 aliphatic heterocycles. The average Bonchev–Trinajstić information content (AvgIpc) is 3.01. The van der Waals surface area contributed by atoms with E-state index in [1.54, 1.807) is 0 Å². The molecule has 0 aromatic rings. The monoisotopic (exact) mass is 278 g/mol. The maximum Gasteiger partial charge on any atom is 0.236 e. The van der Waals surface area contributed by atoms with Crippen molar-refractivity contribution >= 4 is 11.7 Å². The van der Waals surface area contributed by atoms with E-state index in [4.69, 9.17) is 0 Å². The van der Waals surface area contributed by atoms with Gasteiger partial charge in [-0.1, -0.05) is 6.42 Å². The van der Waals surface area contributed by atoms with Crippen molar-refractivity contribution in [2.75, 3.05) is 33.2 Å². The summed E-state index contributed by atoms with van der Waals surface area (Å²) in [5.41, 5.74) is 0. The number of likely N-dealkylation sites (N-methyl/N-ethyl adjacent to an activating group) is 1. The van der Waals surface area contributed by atoms with Crippen LogP contribution in [-0.2, 0) is 9.59 Å². The Kier molecular flexibility index (Phi) is 4.11. The predicted molar refractivity (Wildman–Crippen MR) is 77.3 cm³/mol. The quantitative estimate of drug-likeness (QED) is 0.783. The third-order valence-electron chi connectivity index (χ3n) is 5.51. The highest BCUT2D eigenvalue weighted by Crippen LogP contribution is 2.48. The van der Waals surface area contributed by atoms with Crippen molar-refractivity contribution in [3.63, 3.8) is 0 Å². The minimum atomic E-state index is 0.197. The van der Waals surface area contributed by atoms with E-state index in [0.717, 1.165) is 24.3 Å². The molecule has 0 N–H and O–H groups in total. The highest BCUT2D eigenvalue weighted by Gasteiger charge is 2.39. The molecule has 3 fully saturated rings. The number of carbonyl (C=O) groups is 2. The van der Waals surface area contributed by atoms with Crippen LogP contribution >= 0.6 is 0 Å². The first-order valence-corrected chi connectivity index (χ1v) is 8.10. The maximum atomic E-state index is 12.2.